The van der Waals surface area contributed by atoms with Gasteiger partial charge in [0, 0.05) is 25.7 Å². The Morgan fingerprint density at radius 3 is 3.00 bits per heavy atom. The molecule has 1 rings (SSSR count). The van der Waals surface area contributed by atoms with E-state index < -0.39 is 0 Å². The summed E-state index contributed by atoms with van der Waals surface area (Å²) < 4.78 is 0. The lowest BCUT2D eigenvalue weighted by molar-refractivity contribution is 0.564. The fourth-order valence-corrected chi connectivity index (χ4v) is 0.837. The second-order valence-electron chi connectivity index (χ2n) is 2.13. The first-order valence-electron chi connectivity index (χ1n) is 2.93. The van der Waals surface area contributed by atoms with Crippen molar-refractivity contribution in [3.05, 3.63) is 12.7 Å². The van der Waals surface area contributed by atoms with E-state index in [-0.39, 0.29) is 0 Å². The van der Waals surface area contributed by atoms with Crippen LogP contribution in [0.1, 0.15) is 0 Å². The van der Waals surface area contributed by atoms with Gasteiger partial charge in [-0.2, -0.15) is 0 Å². The highest BCUT2D eigenvalue weighted by atomic mass is 15.3. The first-order valence-corrected chi connectivity index (χ1v) is 2.93. The fourth-order valence-electron chi connectivity index (χ4n) is 0.837. The van der Waals surface area contributed by atoms with Crippen molar-refractivity contribution in [2.24, 2.45) is 5.73 Å². The second kappa shape index (κ2) is 2.29. The summed E-state index contributed by atoms with van der Waals surface area (Å²) in [5.74, 6) is 0. The van der Waals surface area contributed by atoms with Gasteiger partial charge in [0.1, 0.15) is 0 Å². The van der Waals surface area contributed by atoms with Crippen LogP contribution in [0.5, 0.6) is 0 Å². The van der Waals surface area contributed by atoms with Gasteiger partial charge in [0.05, 0.1) is 0 Å². The van der Waals surface area contributed by atoms with Crippen molar-refractivity contribution in [1.29, 1.82) is 0 Å². The van der Waals surface area contributed by atoms with Crippen molar-refractivity contribution in [3.63, 3.8) is 0 Å². The molecule has 1 heterocycles. The maximum atomic E-state index is 5.38. The van der Waals surface area contributed by atoms with Crippen LogP contribution in [-0.4, -0.2) is 30.6 Å². The molecule has 0 bridgehead atoms. The average molecular weight is 112 g/mol. The molecule has 1 aliphatic heterocycles. The van der Waals surface area contributed by atoms with E-state index in [0.717, 1.165) is 13.1 Å². The van der Waals surface area contributed by atoms with Gasteiger partial charge >= 0.3 is 0 Å². The maximum absolute atomic E-state index is 5.38. The quantitative estimate of drug-likeness (QED) is 0.405. The van der Waals surface area contributed by atoms with Gasteiger partial charge in [0.15, 0.2) is 0 Å². The Kier molecular flexibility index (Phi) is 1.65. The number of hydrogen-bond donors (Lipinski definition) is 1. The molecule has 2 atom stereocenters. The summed E-state index contributed by atoms with van der Waals surface area (Å²) in [5, 5.41) is 0. The summed E-state index contributed by atoms with van der Waals surface area (Å²) in [4.78, 5) is 2.28. The summed E-state index contributed by atoms with van der Waals surface area (Å²) in [6.07, 6.45) is 1.91. The zero-order valence-electron chi connectivity index (χ0n) is 5.01. The lowest BCUT2D eigenvalue weighted by Gasteiger charge is -1.92. The Morgan fingerprint density at radius 2 is 2.62 bits per heavy atom. The Hall–Kier alpha value is -0.340. The molecule has 2 N–H and O–H groups in total. The SMILES string of the molecule is C=CCN1CC1CN. The molecule has 2 unspecified atom stereocenters. The Bertz CT molecular complexity index is 90.5. The van der Waals surface area contributed by atoms with Crippen LogP contribution in [0.15, 0.2) is 12.7 Å². The lowest BCUT2D eigenvalue weighted by Crippen LogP contribution is -2.12. The molecule has 0 radical (unpaired) electrons. The normalized spacial score (nSPS) is 34.6. The fraction of sp³-hybridized carbons (Fsp3) is 0.667. The molecule has 1 saturated heterocycles. The first kappa shape index (κ1) is 5.79. The molecule has 0 aliphatic carbocycles. The van der Waals surface area contributed by atoms with Crippen molar-refractivity contribution in [3.8, 4) is 0 Å². The predicted octanol–water partition coefficient (Wildman–Crippen LogP) is -0.185. The van der Waals surface area contributed by atoms with E-state index in [9.17, 15) is 0 Å². The molecule has 0 spiro atoms. The summed E-state index contributed by atoms with van der Waals surface area (Å²) in [5.41, 5.74) is 5.38. The molecule has 0 aromatic rings. The summed E-state index contributed by atoms with van der Waals surface area (Å²) in [6.45, 7) is 6.60. The van der Waals surface area contributed by atoms with Gasteiger partial charge in [-0.05, 0) is 0 Å². The molecule has 0 amide bonds. The number of rotatable bonds is 3. The number of nitrogens with zero attached hydrogens (tertiary/aromatic N) is 1. The molecule has 46 valence electrons. The number of nitrogens with two attached hydrogens (primary N) is 1. The van der Waals surface area contributed by atoms with Crippen LogP contribution in [-0.2, 0) is 0 Å². The minimum absolute atomic E-state index is 0.660. The third-order valence-electron chi connectivity index (χ3n) is 1.46. The smallest absolute Gasteiger partial charge is 0.0349 e. The highest BCUT2D eigenvalue weighted by molar-refractivity contribution is 4.93. The van der Waals surface area contributed by atoms with Crippen molar-refractivity contribution in [2.45, 2.75) is 6.04 Å². The molecule has 8 heavy (non-hydrogen) atoms. The van der Waals surface area contributed by atoms with Crippen LogP contribution in [0.3, 0.4) is 0 Å². The predicted molar refractivity (Wildman–Crippen MR) is 34.6 cm³/mol. The molecule has 1 fully saturated rings. The van der Waals surface area contributed by atoms with Gasteiger partial charge in [-0.25, -0.2) is 0 Å². The van der Waals surface area contributed by atoms with E-state index in [1.54, 1.807) is 0 Å². The largest absolute Gasteiger partial charge is 0.329 e. The lowest BCUT2D eigenvalue weighted by atomic mass is 10.5. The van der Waals surface area contributed by atoms with Crippen LogP contribution < -0.4 is 5.73 Å². The number of hydrogen-bond acceptors (Lipinski definition) is 2. The molecule has 2 heteroatoms. The Balaban J connectivity index is 2.07. The highest BCUT2D eigenvalue weighted by Gasteiger charge is 2.30. The van der Waals surface area contributed by atoms with Crippen LogP contribution in [0.25, 0.3) is 0 Å². The first-order chi connectivity index (χ1) is 3.88. The van der Waals surface area contributed by atoms with E-state index in [1.165, 1.54) is 6.54 Å². The third-order valence-corrected chi connectivity index (χ3v) is 1.46. The van der Waals surface area contributed by atoms with E-state index in [2.05, 4.69) is 11.5 Å². The topological polar surface area (TPSA) is 29.0 Å². The van der Waals surface area contributed by atoms with Gasteiger partial charge < -0.3 is 5.73 Å². The van der Waals surface area contributed by atoms with Crippen LogP contribution in [0, 0.1) is 0 Å². The van der Waals surface area contributed by atoms with Gasteiger partial charge in [0.2, 0.25) is 0 Å². The molecule has 0 aromatic carbocycles. The minimum Gasteiger partial charge on any atom is -0.329 e. The van der Waals surface area contributed by atoms with Crippen molar-refractivity contribution in [2.75, 3.05) is 19.6 Å². The molecule has 1 aliphatic rings. The molecule has 0 aromatic heterocycles. The Morgan fingerprint density at radius 1 is 1.88 bits per heavy atom. The van der Waals surface area contributed by atoms with Crippen LogP contribution >= 0.6 is 0 Å². The van der Waals surface area contributed by atoms with E-state index >= 15 is 0 Å². The van der Waals surface area contributed by atoms with Crippen LogP contribution in [0.2, 0.25) is 0 Å². The molecular formula is C6H12N2. The van der Waals surface area contributed by atoms with Gasteiger partial charge in [-0.3, -0.25) is 4.90 Å². The maximum Gasteiger partial charge on any atom is 0.0349 e. The van der Waals surface area contributed by atoms with E-state index in [0.29, 0.717) is 6.04 Å². The zero-order valence-corrected chi connectivity index (χ0v) is 5.01. The van der Waals surface area contributed by atoms with Gasteiger partial charge in [-0.1, -0.05) is 6.08 Å². The van der Waals surface area contributed by atoms with Crippen molar-refractivity contribution >= 4 is 0 Å². The second-order valence-corrected chi connectivity index (χ2v) is 2.13. The van der Waals surface area contributed by atoms with Crippen molar-refractivity contribution in [1.82, 2.24) is 4.90 Å². The molecule has 0 saturated carbocycles. The van der Waals surface area contributed by atoms with Gasteiger partial charge in [-0.15, -0.1) is 6.58 Å². The minimum atomic E-state index is 0.660. The Labute approximate surface area is 50.0 Å². The summed E-state index contributed by atoms with van der Waals surface area (Å²) in [7, 11) is 0. The summed E-state index contributed by atoms with van der Waals surface area (Å²) in [6, 6.07) is 0.660. The molecular weight excluding hydrogens is 100 g/mol. The average Bonchev–Trinajstić information content (AvgIpc) is 2.48. The summed E-state index contributed by atoms with van der Waals surface area (Å²) >= 11 is 0. The van der Waals surface area contributed by atoms with Crippen LogP contribution in [0.4, 0.5) is 0 Å². The zero-order chi connectivity index (χ0) is 5.98. The van der Waals surface area contributed by atoms with E-state index in [1.807, 2.05) is 6.08 Å². The van der Waals surface area contributed by atoms with Crippen molar-refractivity contribution < 1.29 is 0 Å². The van der Waals surface area contributed by atoms with E-state index in [4.69, 9.17) is 5.73 Å². The highest BCUT2D eigenvalue weighted by Crippen LogP contribution is 2.13. The standard InChI is InChI=1S/C6H12N2/c1-2-3-8-5-6(8)4-7/h2,6H,1,3-5,7H2. The van der Waals surface area contributed by atoms with Gasteiger partial charge in [0.25, 0.3) is 0 Å². The molecule has 2 nitrogen and oxygen atoms in total. The monoisotopic (exact) mass is 112 g/mol. The third kappa shape index (κ3) is 1.08.